The molecule has 2 N–H and O–H groups in total. The Hall–Kier alpha value is -0.640. The Morgan fingerprint density at radius 2 is 2.20 bits per heavy atom. The van der Waals surface area contributed by atoms with E-state index in [0.29, 0.717) is 11.5 Å². The van der Waals surface area contributed by atoms with Crippen molar-refractivity contribution in [3.63, 3.8) is 0 Å². The highest BCUT2D eigenvalue weighted by Crippen LogP contribution is 2.43. The first-order valence-electron chi connectivity index (χ1n) is 5.38. The van der Waals surface area contributed by atoms with Gasteiger partial charge >= 0.3 is 0 Å². The summed E-state index contributed by atoms with van der Waals surface area (Å²) in [5.74, 6) is 0.321. The van der Waals surface area contributed by atoms with Gasteiger partial charge in [-0.3, -0.25) is 4.79 Å². The zero-order chi connectivity index (χ0) is 11.6. The number of nitrogens with zero attached hydrogens (tertiary/aromatic N) is 1. The van der Waals surface area contributed by atoms with Gasteiger partial charge in [-0.25, -0.2) is 0 Å². The zero-order valence-corrected chi connectivity index (χ0v) is 10.6. The molecule has 1 unspecified atom stereocenters. The van der Waals surface area contributed by atoms with E-state index in [1.54, 1.807) is 11.9 Å². The Morgan fingerprint density at radius 1 is 1.60 bits per heavy atom. The minimum absolute atomic E-state index is 0.127. The normalized spacial score (nSPS) is 23.8. The lowest BCUT2D eigenvalue weighted by molar-refractivity contribution is -0.136. The molecule has 1 fully saturated rings. The fraction of sp³-hybridized carbons (Fsp3) is 0.818. The summed E-state index contributed by atoms with van der Waals surface area (Å²) in [5, 5.41) is 0. The Balaban J connectivity index is 2.64. The van der Waals surface area contributed by atoms with Crippen LogP contribution in [0.1, 0.15) is 33.1 Å². The number of thiocarbonyl (C=S) groups is 1. The predicted octanol–water partition coefficient (Wildman–Crippen LogP) is 1.56. The van der Waals surface area contributed by atoms with Crippen LogP contribution in [0, 0.1) is 11.3 Å². The van der Waals surface area contributed by atoms with Gasteiger partial charge in [0.25, 0.3) is 0 Å². The number of carbonyl (C=O) groups is 1. The molecule has 0 saturated heterocycles. The lowest BCUT2D eigenvalue weighted by atomic mass is 9.81. The maximum Gasteiger partial charge on any atom is 0.226 e. The molecule has 1 aliphatic rings. The highest BCUT2D eigenvalue weighted by atomic mass is 32.1. The molecule has 15 heavy (non-hydrogen) atoms. The van der Waals surface area contributed by atoms with Crippen LogP contribution in [0.4, 0.5) is 0 Å². The quantitative estimate of drug-likeness (QED) is 0.746. The van der Waals surface area contributed by atoms with E-state index < -0.39 is 0 Å². The summed E-state index contributed by atoms with van der Waals surface area (Å²) in [6.45, 7) is 4.72. The number of rotatable bonds is 3. The molecule has 1 rings (SSSR count). The molecule has 4 heteroatoms. The average Bonchev–Trinajstić information content (AvgIpc) is 2.42. The number of carbonyl (C=O) groups excluding carboxylic acids is 1. The zero-order valence-electron chi connectivity index (χ0n) is 9.75. The third kappa shape index (κ3) is 2.91. The third-order valence-electron chi connectivity index (χ3n) is 3.32. The molecule has 3 nitrogen and oxygen atoms in total. The molecule has 0 heterocycles. The molecule has 86 valence electrons. The molecule has 0 spiro atoms. The SMILES string of the molecule is CN(CC(N)=S)C(=O)C1CCCC1(C)C. The first kappa shape index (κ1) is 12.4. The highest BCUT2D eigenvalue weighted by Gasteiger charge is 2.40. The fourth-order valence-corrected chi connectivity index (χ4v) is 2.56. The molecule has 1 atom stereocenters. The molecule has 0 radical (unpaired) electrons. The number of hydrogen-bond acceptors (Lipinski definition) is 2. The van der Waals surface area contributed by atoms with E-state index in [2.05, 4.69) is 13.8 Å². The largest absolute Gasteiger partial charge is 0.392 e. The monoisotopic (exact) mass is 228 g/mol. The van der Waals surface area contributed by atoms with Crippen LogP contribution >= 0.6 is 12.2 Å². The van der Waals surface area contributed by atoms with E-state index in [4.69, 9.17) is 18.0 Å². The van der Waals surface area contributed by atoms with Gasteiger partial charge < -0.3 is 10.6 Å². The van der Waals surface area contributed by atoms with Crippen LogP contribution in [0.25, 0.3) is 0 Å². The van der Waals surface area contributed by atoms with Gasteiger partial charge in [-0.1, -0.05) is 32.5 Å². The summed E-state index contributed by atoms with van der Waals surface area (Å²) in [4.78, 5) is 14.1. The van der Waals surface area contributed by atoms with Gasteiger partial charge in [0, 0.05) is 13.0 Å². The van der Waals surface area contributed by atoms with Crippen LogP contribution < -0.4 is 5.73 Å². The summed E-state index contributed by atoms with van der Waals surface area (Å²) in [6, 6.07) is 0. The van der Waals surface area contributed by atoms with Crippen molar-refractivity contribution in [1.29, 1.82) is 0 Å². The van der Waals surface area contributed by atoms with Crippen molar-refractivity contribution >= 4 is 23.1 Å². The maximum atomic E-state index is 12.1. The summed E-state index contributed by atoms with van der Waals surface area (Å²) in [5.41, 5.74) is 5.56. The standard InChI is InChI=1S/C11H20N2OS/c1-11(2)6-4-5-8(11)10(14)13(3)7-9(12)15/h8H,4-7H2,1-3H3,(H2,12,15). The molecule has 1 saturated carbocycles. The summed E-state index contributed by atoms with van der Waals surface area (Å²) in [6.07, 6.45) is 3.27. The number of nitrogens with two attached hydrogens (primary N) is 1. The summed E-state index contributed by atoms with van der Waals surface area (Å²) >= 11 is 4.81. The molecular weight excluding hydrogens is 208 g/mol. The Morgan fingerprint density at radius 3 is 2.60 bits per heavy atom. The first-order valence-corrected chi connectivity index (χ1v) is 5.78. The van der Waals surface area contributed by atoms with E-state index in [-0.39, 0.29) is 17.2 Å². The second kappa shape index (κ2) is 4.47. The molecule has 0 aromatic carbocycles. The van der Waals surface area contributed by atoms with Crippen molar-refractivity contribution in [2.45, 2.75) is 33.1 Å². The Bertz CT molecular complexity index is 276. The molecule has 0 aromatic heterocycles. The van der Waals surface area contributed by atoms with E-state index in [1.165, 1.54) is 0 Å². The molecule has 0 bridgehead atoms. The first-order chi connectivity index (χ1) is 6.84. The minimum Gasteiger partial charge on any atom is -0.392 e. The van der Waals surface area contributed by atoms with Crippen molar-refractivity contribution in [3.05, 3.63) is 0 Å². The van der Waals surface area contributed by atoms with Gasteiger partial charge in [0.1, 0.15) is 0 Å². The van der Waals surface area contributed by atoms with Crippen LogP contribution in [-0.2, 0) is 4.79 Å². The third-order valence-corrected chi connectivity index (χ3v) is 3.45. The second-order valence-corrected chi connectivity index (χ2v) is 5.62. The van der Waals surface area contributed by atoms with E-state index >= 15 is 0 Å². The molecular formula is C11H20N2OS. The minimum atomic E-state index is 0.127. The molecule has 0 aromatic rings. The number of hydrogen-bond donors (Lipinski definition) is 1. The van der Waals surface area contributed by atoms with Crippen LogP contribution in [0.3, 0.4) is 0 Å². The lowest BCUT2D eigenvalue weighted by Gasteiger charge is -2.29. The Kier molecular flexibility index (Phi) is 3.71. The topological polar surface area (TPSA) is 46.3 Å². The maximum absolute atomic E-state index is 12.1. The van der Waals surface area contributed by atoms with Crippen LogP contribution in [-0.4, -0.2) is 29.4 Å². The van der Waals surface area contributed by atoms with E-state index in [1.807, 2.05) is 0 Å². The van der Waals surface area contributed by atoms with Crippen molar-refractivity contribution in [3.8, 4) is 0 Å². The fourth-order valence-electron chi connectivity index (χ4n) is 2.36. The highest BCUT2D eigenvalue weighted by molar-refractivity contribution is 7.80. The van der Waals surface area contributed by atoms with Crippen molar-refractivity contribution < 1.29 is 4.79 Å². The second-order valence-electron chi connectivity index (χ2n) is 5.09. The van der Waals surface area contributed by atoms with E-state index in [0.717, 1.165) is 19.3 Å². The number of likely N-dealkylation sites (N-methyl/N-ethyl adjacent to an activating group) is 1. The molecule has 1 amide bonds. The van der Waals surface area contributed by atoms with Gasteiger partial charge in [-0.05, 0) is 18.3 Å². The smallest absolute Gasteiger partial charge is 0.226 e. The van der Waals surface area contributed by atoms with Gasteiger partial charge in [0.2, 0.25) is 5.91 Å². The Labute approximate surface area is 97.0 Å². The average molecular weight is 228 g/mol. The van der Waals surface area contributed by atoms with Crippen LogP contribution in [0.2, 0.25) is 0 Å². The number of amides is 1. The van der Waals surface area contributed by atoms with Gasteiger partial charge in [0.15, 0.2) is 0 Å². The predicted molar refractivity (Wildman–Crippen MR) is 65.5 cm³/mol. The van der Waals surface area contributed by atoms with Crippen molar-refractivity contribution in [2.75, 3.05) is 13.6 Å². The summed E-state index contributed by atoms with van der Waals surface area (Å²) in [7, 11) is 1.77. The van der Waals surface area contributed by atoms with Crippen LogP contribution in [0.15, 0.2) is 0 Å². The van der Waals surface area contributed by atoms with Crippen molar-refractivity contribution in [1.82, 2.24) is 4.90 Å². The molecule has 1 aliphatic carbocycles. The van der Waals surface area contributed by atoms with Gasteiger partial charge in [0.05, 0.1) is 11.5 Å². The van der Waals surface area contributed by atoms with Crippen molar-refractivity contribution in [2.24, 2.45) is 17.1 Å². The summed E-state index contributed by atoms with van der Waals surface area (Å²) < 4.78 is 0. The lowest BCUT2D eigenvalue weighted by Crippen LogP contribution is -2.41. The van der Waals surface area contributed by atoms with E-state index in [9.17, 15) is 4.79 Å². The molecule has 0 aliphatic heterocycles. The van der Waals surface area contributed by atoms with Gasteiger partial charge in [-0.2, -0.15) is 0 Å². The van der Waals surface area contributed by atoms with Gasteiger partial charge in [-0.15, -0.1) is 0 Å². The van der Waals surface area contributed by atoms with Crippen LogP contribution in [0.5, 0.6) is 0 Å².